The molecule has 2 N–H and O–H groups in total. The second-order valence-corrected chi connectivity index (χ2v) is 8.23. The van der Waals surface area contributed by atoms with Crippen molar-refractivity contribution < 1.29 is 4.79 Å². The van der Waals surface area contributed by atoms with E-state index in [1.165, 1.54) is 0 Å². The van der Waals surface area contributed by atoms with Gasteiger partial charge in [0.05, 0.1) is 12.4 Å². The third-order valence-electron chi connectivity index (χ3n) is 4.79. The number of hydrazone groups is 2. The summed E-state index contributed by atoms with van der Waals surface area (Å²) in [6, 6.07) is 18.1. The molecule has 0 atom stereocenters. The Morgan fingerprint density at radius 3 is 1.67 bits per heavy atom. The first-order valence-electron chi connectivity index (χ1n) is 10.1. The lowest BCUT2D eigenvalue weighted by atomic mass is 10.0. The average Bonchev–Trinajstić information content (AvgIpc) is 2.78. The lowest BCUT2D eigenvalue weighted by molar-refractivity contribution is 0.100. The van der Waals surface area contributed by atoms with Crippen molar-refractivity contribution in [2.75, 3.05) is 0 Å². The molecule has 0 radical (unpaired) electrons. The summed E-state index contributed by atoms with van der Waals surface area (Å²) in [6.45, 7) is 5.85. The average molecular weight is 480 g/mol. The number of guanidine groups is 1. The highest BCUT2D eigenvalue weighted by Gasteiger charge is 2.11. The predicted molar refractivity (Wildman–Crippen MR) is 137 cm³/mol. The van der Waals surface area contributed by atoms with Crippen LogP contribution in [0.25, 0.3) is 0 Å². The first-order chi connectivity index (χ1) is 15.8. The molecule has 33 heavy (non-hydrogen) atoms. The van der Waals surface area contributed by atoms with E-state index < -0.39 is 5.91 Å². The summed E-state index contributed by atoms with van der Waals surface area (Å²) in [5.41, 5.74) is 10.6. The van der Waals surface area contributed by atoms with Gasteiger partial charge in [0.1, 0.15) is 0 Å². The smallest absolute Gasteiger partial charge is 0.267 e. The zero-order chi connectivity index (χ0) is 23.8. The number of hydrogen-bond acceptors (Lipinski definition) is 3. The Bertz CT molecular complexity index is 1160. The van der Waals surface area contributed by atoms with Crippen molar-refractivity contribution in [2.24, 2.45) is 15.2 Å². The molecule has 0 aromatic heterocycles. The topological polar surface area (TPSA) is 78.2 Å². The van der Waals surface area contributed by atoms with Crippen molar-refractivity contribution >= 4 is 47.5 Å². The van der Waals surface area contributed by atoms with Crippen LogP contribution in [0.1, 0.15) is 38.2 Å². The van der Waals surface area contributed by atoms with E-state index in [0.717, 1.165) is 27.8 Å². The molecule has 3 aromatic rings. The number of carbonyl (C=O) groups excluding carboxylic acids is 1. The van der Waals surface area contributed by atoms with Crippen LogP contribution in [0.5, 0.6) is 0 Å². The summed E-state index contributed by atoms with van der Waals surface area (Å²) in [5.74, 6) is -0.331. The van der Waals surface area contributed by atoms with Gasteiger partial charge in [-0.1, -0.05) is 53.5 Å². The minimum atomic E-state index is -0.408. The SMILES string of the molecule is Cc1cc(C)c(C(=O)N=C(N/N=C/c2ccc(Cl)cc2)N/N=C/c2ccc(Cl)cc2)cc1C. The molecule has 0 heterocycles. The van der Waals surface area contributed by atoms with Gasteiger partial charge in [-0.05, 0) is 78.9 Å². The van der Waals surface area contributed by atoms with E-state index in [2.05, 4.69) is 26.0 Å². The highest BCUT2D eigenvalue weighted by atomic mass is 35.5. The zero-order valence-electron chi connectivity index (χ0n) is 18.4. The highest BCUT2D eigenvalue weighted by Crippen LogP contribution is 2.16. The molecule has 0 unspecified atom stereocenters. The van der Waals surface area contributed by atoms with Gasteiger partial charge in [0.2, 0.25) is 5.96 Å². The summed E-state index contributed by atoms with van der Waals surface area (Å²) in [6.07, 6.45) is 3.17. The summed E-state index contributed by atoms with van der Waals surface area (Å²) in [7, 11) is 0. The molecule has 8 heteroatoms. The van der Waals surface area contributed by atoms with E-state index in [-0.39, 0.29) is 5.96 Å². The summed E-state index contributed by atoms with van der Waals surface area (Å²) in [4.78, 5) is 17.0. The van der Waals surface area contributed by atoms with Crippen LogP contribution >= 0.6 is 23.2 Å². The Kier molecular flexibility index (Phi) is 8.35. The summed E-state index contributed by atoms with van der Waals surface area (Å²) < 4.78 is 0. The number of halogens is 2. The number of nitrogens with one attached hydrogen (secondary N) is 2. The van der Waals surface area contributed by atoms with Gasteiger partial charge in [-0.15, -0.1) is 0 Å². The molecule has 3 aromatic carbocycles. The Hall–Kier alpha value is -3.48. The molecule has 0 fully saturated rings. The van der Waals surface area contributed by atoms with Crippen LogP contribution in [0, 0.1) is 20.8 Å². The van der Waals surface area contributed by atoms with Crippen molar-refractivity contribution in [3.05, 3.63) is 104 Å². The highest BCUT2D eigenvalue weighted by molar-refractivity contribution is 6.30. The molecular weight excluding hydrogens is 457 g/mol. The zero-order valence-corrected chi connectivity index (χ0v) is 19.9. The minimum Gasteiger partial charge on any atom is -0.267 e. The Morgan fingerprint density at radius 2 is 1.18 bits per heavy atom. The van der Waals surface area contributed by atoms with E-state index in [1.807, 2.05) is 57.2 Å². The molecule has 3 rings (SSSR count). The van der Waals surface area contributed by atoms with E-state index in [0.29, 0.717) is 15.6 Å². The van der Waals surface area contributed by atoms with Gasteiger partial charge >= 0.3 is 0 Å². The van der Waals surface area contributed by atoms with Crippen LogP contribution in [0.4, 0.5) is 0 Å². The third-order valence-corrected chi connectivity index (χ3v) is 5.30. The molecule has 6 nitrogen and oxygen atoms in total. The number of hydrogen-bond donors (Lipinski definition) is 2. The number of amides is 1. The van der Waals surface area contributed by atoms with E-state index in [1.54, 1.807) is 36.7 Å². The van der Waals surface area contributed by atoms with Gasteiger partial charge in [0.25, 0.3) is 5.91 Å². The fourth-order valence-corrected chi connectivity index (χ4v) is 3.11. The molecule has 0 bridgehead atoms. The number of benzene rings is 3. The first-order valence-corrected chi connectivity index (χ1v) is 10.9. The Balaban J connectivity index is 1.81. The summed E-state index contributed by atoms with van der Waals surface area (Å²) >= 11 is 11.8. The van der Waals surface area contributed by atoms with Gasteiger partial charge in [0, 0.05) is 15.6 Å². The molecule has 1 amide bonds. The molecule has 0 saturated heterocycles. The van der Waals surface area contributed by atoms with E-state index >= 15 is 0 Å². The Labute approximate surface area is 203 Å². The largest absolute Gasteiger partial charge is 0.280 e. The molecular formula is C25H23Cl2N5O. The Morgan fingerprint density at radius 1 is 0.727 bits per heavy atom. The fourth-order valence-electron chi connectivity index (χ4n) is 2.86. The maximum absolute atomic E-state index is 12.9. The van der Waals surface area contributed by atoms with Crippen LogP contribution in [0.2, 0.25) is 10.0 Å². The maximum Gasteiger partial charge on any atom is 0.280 e. The van der Waals surface area contributed by atoms with Gasteiger partial charge < -0.3 is 0 Å². The van der Waals surface area contributed by atoms with Crippen molar-refractivity contribution in [3.8, 4) is 0 Å². The normalized spacial score (nSPS) is 11.1. The van der Waals surface area contributed by atoms with Crippen LogP contribution in [0.3, 0.4) is 0 Å². The van der Waals surface area contributed by atoms with Gasteiger partial charge in [-0.2, -0.15) is 15.2 Å². The van der Waals surface area contributed by atoms with Crippen LogP contribution in [-0.2, 0) is 0 Å². The minimum absolute atomic E-state index is 0.0769. The number of aryl methyl sites for hydroxylation is 3. The fraction of sp³-hybridized carbons (Fsp3) is 0.120. The van der Waals surface area contributed by atoms with E-state index in [9.17, 15) is 4.79 Å². The van der Waals surface area contributed by atoms with Crippen molar-refractivity contribution in [1.82, 2.24) is 10.9 Å². The maximum atomic E-state index is 12.9. The van der Waals surface area contributed by atoms with Crippen LogP contribution in [-0.4, -0.2) is 24.3 Å². The quantitative estimate of drug-likeness (QED) is 0.281. The molecule has 0 aliphatic heterocycles. The predicted octanol–water partition coefficient (Wildman–Crippen LogP) is 5.66. The van der Waals surface area contributed by atoms with E-state index in [4.69, 9.17) is 23.2 Å². The monoisotopic (exact) mass is 479 g/mol. The number of nitrogens with zero attached hydrogens (tertiary/aromatic N) is 3. The van der Waals surface area contributed by atoms with Gasteiger partial charge in [-0.25, -0.2) is 10.9 Å². The van der Waals surface area contributed by atoms with Gasteiger partial charge in [0.15, 0.2) is 0 Å². The van der Waals surface area contributed by atoms with Crippen molar-refractivity contribution in [3.63, 3.8) is 0 Å². The molecule has 0 aliphatic rings. The number of carbonyl (C=O) groups is 1. The number of aliphatic imine (C=N–C) groups is 1. The molecule has 0 spiro atoms. The molecule has 0 aliphatic carbocycles. The second-order valence-electron chi connectivity index (χ2n) is 7.36. The second kappa shape index (κ2) is 11.4. The lowest BCUT2D eigenvalue weighted by Gasteiger charge is -2.08. The lowest BCUT2D eigenvalue weighted by Crippen LogP contribution is -2.32. The first kappa shape index (κ1) is 24.2. The molecule has 168 valence electrons. The van der Waals surface area contributed by atoms with Crippen LogP contribution in [0.15, 0.2) is 75.9 Å². The summed E-state index contributed by atoms with van der Waals surface area (Å²) in [5, 5.41) is 9.58. The molecule has 0 saturated carbocycles. The van der Waals surface area contributed by atoms with Crippen LogP contribution < -0.4 is 10.9 Å². The van der Waals surface area contributed by atoms with Gasteiger partial charge in [-0.3, -0.25) is 4.79 Å². The van der Waals surface area contributed by atoms with Crippen molar-refractivity contribution in [1.29, 1.82) is 0 Å². The number of rotatable bonds is 5. The standard InChI is InChI=1S/C25H23Cl2N5O/c1-16-12-18(3)23(13-17(16)2)24(33)30-25(31-28-14-19-4-8-21(26)9-5-19)32-29-15-20-6-10-22(27)11-7-20/h4-15H,1-3H3,(H2,30,31,32,33)/b28-14+,29-15+. The van der Waals surface area contributed by atoms with Crippen molar-refractivity contribution in [2.45, 2.75) is 20.8 Å². The third kappa shape index (κ3) is 7.27.